The highest BCUT2D eigenvalue weighted by Crippen LogP contribution is 2.33. The lowest BCUT2D eigenvalue weighted by molar-refractivity contribution is -0.116. The molecule has 5 nitrogen and oxygen atoms in total. The fourth-order valence-corrected chi connectivity index (χ4v) is 3.81. The van der Waals surface area contributed by atoms with Gasteiger partial charge >= 0.3 is 0 Å². The van der Waals surface area contributed by atoms with Gasteiger partial charge in [0.1, 0.15) is 5.82 Å². The van der Waals surface area contributed by atoms with Crippen molar-refractivity contribution in [3.8, 4) is 0 Å². The molecular weight excluding hydrogens is 341 g/mol. The molecule has 0 fully saturated rings. The molecule has 7 heteroatoms. The molecule has 1 amide bonds. The third-order valence-corrected chi connectivity index (χ3v) is 5.12. The molecule has 1 aromatic heterocycles. The molecule has 3 rings (SSSR count). The number of carbonyl (C=O) groups is 1. The van der Waals surface area contributed by atoms with Gasteiger partial charge in [-0.15, -0.1) is 0 Å². The van der Waals surface area contributed by atoms with E-state index >= 15 is 0 Å². The summed E-state index contributed by atoms with van der Waals surface area (Å²) in [5, 5.41) is 3.20. The van der Waals surface area contributed by atoms with Crippen molar-refractivity contribution in [3.05, 3.63) is 52.2 Å². The van der Waals surface area contributed by atoms with Gasteiger partial charge in [0.2, 0.25) is 5.91 Å². The highest BCUT2D eigenvalue weighted by atomic mass is 32.2. The van der Waals surface area contributed by atoms with Gasteiger partial charge in [0.15, 0.2) is 5.16 Å². The second-order valence-corrected chi connectivity index (χ2v) is 8.07. The fourth-order valence-electron chi connectivity index (χ4n) is 2.67. The number of rotatable bonds is 3. The SMILES string of the molecule is CC(C)(C)c1cc(=O)n2c(n1)SCC2CC(=O)Nc1ccccc1F. The Bertz CT molecular complexity index is 873. The zero-order chi connectivity index (χ0) is 18.2. The Hall–Kier alpha value is -2.15. The highest BCUT2D eigenvalue weighted by molar-refractivity contribution is 7.99. The Morgan fingerprint density at radius 2 is 2.12 bits per heavy atom. The molecular formula is C18H20FN3O2S. The summed E-state index contributed by atoms with van der Waals surface area (Å²) < 4.78 is 15.2. The van der Waals surface area contributed by atoms with Gasteiger partial charge in [0.25, 0.3) is 5.56 Å². The van der Waals surface area contributed by atoms with E-state index < -0.39 is 5.82 Å². The molecule has 0 saturated carbocycles. The Kier molecular flexibility index (Phi) is 4.69. The van der Waals surface area contributed by atoms with Crippen LogP contribution in [0.5, 0.6) is 0 Å². The van der Waals surface area contributed by atoms with E-state index in [9.17, 15) is 14.0 Å². The summed E-state index contributed by atoms with van der Waals surface area (Å²) in [6.07, 6.45) is 0.102. The maximum atomic E-state index is 13.6. The minimum Gasteiger partial charge on any atom is -0.324 e. The lowest BCUT2D eigenvalue weighted by atomic mass is 9.92. The van der Waals surface area contributed by atoms with Crippen molar-refractivity contribution in [2.24, 2.45) is 0 Å². The molecule has 1 unspecified atom stereocenters. The number of nitrogens with one attached hydrogen (secondary N) is 1. The van der Waals surface area contributed by atoms with E-state index in [0.717, 1.165) is 5.69 Å². The smallest absolute Gasteiger partial charge is 0.254 e. The van der Waals surface area contributed by atoms with Crippen LogP contribution in [0.2, 0.25) is 0 Å². The van der Waals surface area contributed by atoms with Crippen LogP contribution in [0.1, 0.15) is 38.9 Å². The van der Waals surface area contributed by atoms with E-state index in [1.54, 1.807) is 16.7 Å². The maximum Gasteiger partial charge on any atom is 0.254 e. The number of nitrogens with zero attached hydrogens (tertiary/aromatic N) is 2. The monoisotopic (exact) mass is 361 g/mol. The third-order valence-electron chi connectivity index (χ3n) is 4.03. The number of thioether (sulfide) groups is 1. The predicted molar refractivity (Wildman–Crippen MR) is 96.6 cm³/mol. The molecule has 0 saturated heterocycles. The number of benzene rings is 1. The summed E-state index contributed by atoms with van der Waals surface area (Å²) in [7, 11) is 0. The van der Waals surface area contributed by atoms with Gasteiger partial charge < -0.3 is 5.32 Å². The molecule has 0 aliphatic carbocycles. The first-order chi connectivity index (χ1) is 11.8. The molecule has 2 aromatic rings. The van der Waals surface area contributed by atoms with Crippen molar-refractivity contribution in [2.75, 3.05) is 11.1 Å². The molecule has 0 bridgehead atoms. The number of halogens is 1. The Balaban J connectivity index is 1.78. The summed E-state index contributed by atoms with van der Waals surface area (Å²) in [6.45, 7) is 6.01. The zero-order valence-corrected chi connectivity index (χ0v) is 15.2. The van der Waals surface area contributed by atoms with Crippen LogP contribution in [0, 0.1) is 5.82 Å². The molecule has 1 N–H and O–H groups in total. The highest BCUT2D eigenvalue weighted by Gasteiger charge is 2.29. The summed E-state index contributed by atoms with van der Waals surface area (Å²) in [6, 6.07) is 7.28. The van der Waals surface area contributed by atoms with Crippen molar-refractivity contribution in [1.29, 1.82) is 0 Å². The van der Waals surface area contributed by atoms with Crippen LogP contribution < -0.4 is 10.9 Å². The van der Waals surface area contributed by atoms with Gasteiger partial charge in [-0.3, -0.25) is 14.2 Å². The lowest BCUT2D eigenvalue weighted by Crippen LogP contribution is -2.29. The van der Waals surface area contributed by atoms with E-state index in [4.69, 9.17) is 0 Å². The van der Waals surface area contributed by atoms with Crippen LogP contribution in [0.4, 0.5) is 10.1 Å². The van der Waals surface area contributed by atoms with Crippen molar-refractivity contribution in [3.63, 3.8) is 0 Å². The topological polar surface area (TPSA) is 64.0 Å². The average Bonchev–Trinajstić information content (AvgIpc) is 2.92. The first-order valence-electron chi connectivity index (χ1n) is 8.07. The number of aromatic nitrogens is 2. The van der Waals surface area contributed by atoms with Gasteiger partial charge in [-0.05, 0) is 12.1 Å². The first-order valence-corrected chi connectivity index (χ1v) is 9.05. The van der Waals surface area contributed by atoms with Crippen molar-refractivity contribution in [2.45, 2.75) is 43.8 Å². The quantitative estimate of drug-likeness (QED) is 0.852. The van der Waals surface area contributed by atoms with Crippen molar-refractivity contribution in [1.82, 2.24) is 9.55 Å². The Morgan fingerprint density at radius 1 is 1.40 bits per heavy atom. The molecule has 2 heterocycles. The maximum absolute atomic E-state index is 13.6. The normalized spacial score (nSPS) is 16.6. The van der Waals surface area contributed by atoms with Crippen LogP contribution in [0.3, 0.4) is 0 Å². The first kappa shape index (κ1) is 17.7. The number of anilines is 1. The molecule has 1 aliphatic heterocycles. The second-order valence-electron chi connectivity index (χ2n) is 7.08. The molecule has 1 atom stereocenters. The van der Waals surface area contributed by atoms with Crippen LogP contribution in [0.25, 0.3) is 0 Å². The predicted octanol–water partition coefficient (Wildman–Crippen LogP) is 3.36. The number of fused-ring (bicyclic) bond motifs is 1. The van der Waals surface area contributed by atoms with E-state index in [-0.39, 0.29) is 35.0 Å². The number of carbonyl (C=O) groups excluding carboxylic acids is 1. The Labute approximate surface area is 149 Å². The van der Waals surface area contributed by atoms with Gasteiger partial charge in [-0.1, -0.05) is 44.7 Å². The second kappa shape index (κ2) is 6.63. The van der Waals surface area contributed by atoms with Crippen LogP contribution >= 0.6 is 11.8 Å². The summed E-state index contributed by atoms with van der Waals surface area (Å²) >= 11 is 1.47. The number of hydrogen-bond acceptors (Lipinski definition) is 4. The number of para-hydroxylation sites is 1. The van der Waals surface area contributed by atoms with Gasteiger partial charge in [0, 0.05) is 23.7 Å². The van der Waals surface area contributed by atoms with E-state index in [2.05, 4.69) is 10.3 Å². The third kappa shape index (κ3) is 3.76. The largest absolute Gasteiger partial charge is 0.324 e. The lowest BCUT2D eigenvalue weighted by Gasteiger charge is -2.19. The van der Waals surface area contributed by atoms with Crippen LogP contribution in [0.15, 0.2) is 40.3 Å². The molecule has 0 radical (unpaired) electrons. The van der Waals surface area contributed by atoms with Crippen molar-refractivity contribution >= 4 is 23.4 Å². The standard InChI is InChI=1S/C18H20FN3O2S/c1-18(2,3)14-9-16(24)22-11(10-25-17(22)21-14)8-15(23)20-13-7-5-4-6-12(13)19/h4-7,9,11H,8,10H2,1-3H3,(H,20,23). The summed E-state index contributed by atoms with van der Waals surface area (Å²) in [5.74, 6) is -0.207. The molecule has 0 spiro atoms. The van der Waals surface area contributed by atoms with Gasteiger partial charge in [-0.25, -0.2) is 9.37 Å². The summed E-state index contributed by atoms with van der Waals surface area (Å²) in [5.41, 5.74) is 0.526. The van der Waals surface area contributed by atoms with Crippen LogP contribution in [-0.2, 0) is 10.2 Å². The molecule has 1 aromatic carbocycles. The summed E-state index contributed by atoms with van der Waals surface area (Å²) in [4.78, 5) is 29.3. The number of amides is 1. The van der Waals surface area contributed by atoms with Crippen molar-refractivity contribution < 1.29 is 9.18 Å². The van der Waals surface area contributed by atoms with Gasteiger partial charge in [0.05, 0.1) is 17.4 Å². The molecule has 132 valence electrons. The van der Waals surface area contributed by atoms with Gasteiger partial charge in [-0.2, -0.15) is 0 Å². The van der Waals surface area contributed by atoms with E-state index in [0.29, 0.717) is 10.9 Å². The minimum absolute atomic E-state index is 0.102. The minimum atomic E-state index is -0.481. The Morgan fingerprint density at radius 3 is 2.80 bits per heavy atom. The molecule has 1 aliphatic rings. The number of hydrogen-bond donors (Lipinski definition) is 1. The van der Waals surface area contributed by atoms with Crippen LogP contribution in [-0.4, -0.2) is 21.2 Å². The van der Waals surface area contributed by atoms with E-state index in [1.165, 1.54) is 30.0 Å². The van der Waals surface area contributed by atoms with E-state index in [1.807, 2.05) is 20.8 Å². The molecule has 25 heavy (non-hydrogen) atoms. The fraction of sp³-hybridized carbons (Fsp3) is 0.389. The average molecular weight is 361 g/mol. The zero-order valence-electron chi connectivity index (χ0n) is 14.4.